The normalized spacial score (nSPS) is 14.5. The Labute approximate surface area is 147 Å². The molecule has 0 saturated heterocycles. The lowest BCUT2D eigenvalue weighted by atomic mass is 10.1. The van der Waals surface area contributed by atoms with Gasteiger partial charge in [-0.1, -0.05) is 28.4 Å². The SMILES string of the molecule is CC/C(C)=C(/C=C\N(C=O)C(C)c1cc(Br)ccc1F)C(F)(F)F. The minimum atomic E-state index is -4.52. The van der Waals surface area contributed by atoms with Gasteiger partial charge in [-0.2, -0.15) is 13.2 Å². The predicted octanol–water partition coefficient (Wildman–Crippen LogP) is 5.91. The largest absolute Gasteiger partial charge is 0.416 e. The number of benzene rings is 1. The molecule has 0 radical (unpaired) electrons. The third kappa shape index (κ3) is 5.19. The lowest BCUT2D eigenvalue weighted by molar-refractivity contribution is -0.117. The van der Waals surface area contributed by atoms with Gasteiger partial charge >= 0.3 is 6.18 Å². The van der Waals surface area contributed by atoms with Crippen LogP contribution in [0.3, 0.4) is 0 Å². The van der Waals surface area contributed by atoms with Gasteiger partial charge in [0.1, 0.15) is 5.82 Å². The number of carbonyl (C=O) groups excluding carboxylic acids is 1. The Morgan fingerprint density at radius 1 is 1.38 bits per heavy atom. The minimum Gasteiger partial charge on any atom is -0.314 e. The number of alkyl halides is 3. The number of allylic oxidation sites excluding steroid dienone is 3. The molecule has 24 heavy (non-hydrogen) atoms. The summed E-state index contributed by atoms with van der Waals surface area (Å²) in [4.78, 5) is 12.3. The first kappa shape index (κ1) is 20.4. The van der Waals surface area contributed by atoms with Crippen LogP contribution in [-0.4, -0.2) is 17.5 Å². The van der Waals surface area contributed by atoms with Crippen LogP contribution in [0.5, 0.6) is 0 Å². The van der Waals surface area contributed by atoms with Crippen molar-refractivity contribution in [3.05, 3.63) is 57.5 Å². The fraction of sp³-hybridized carbons (Fsp3) is 0.353. The molecule has 1 unspecified atom stereocenters. The number of hydrogen-bond donors (Lipinski definition) is 0. The van der Waals surface area contributed by atoms with Gasteiger partial charge in [0.05, 0.1) is 11.6 Å². The summed E-state index contributed by atoms with van der Waals surface area (Å²) in [6.45, 7) is 4.54. The molecule has 0 aliphatic rings. The maximum Gasteiger partial charge on any atom is 0.416 e. The van der Waals surface area contributed by atoms with E-state index in [1.54, 1.807) is 6.92 Å². The smallest absolute Gasteiger partial charge is 0.314 e. The Hall–Kier alpha value is -1.63. The van der Waals surface area contributed by atoms with Gasteiger partial charge in [-0.05, 0) is 44.5 Å². The number of halogens is 5. The molecule has 0 saturated carbocycles. The van der Waals surface area contributed by atoms with Crippen LogP contribution in [0.25, 0.3) is 0 Å². The summed E-state index contributed by atoms with van der Waals surface area (Å²) in [7, 11) is 0. The molecule has 132 valence electrons. The van der Waals surface area contributed by atoms with Gasteiger partial charge in [0.2, 0.25) is 6.41 Å². The van der Waals surface area contributed by atoms with Gasteiger partial charge in [0.15, 0.2) is 0 Å². The first-order valence-corrected chi connectivity index (χ1v) is 8.03. The highest BCUT2D eigenvalue weighted by Crippen LogP contribution is 2.31. The zero-order valence-corrected chi connectivity index (χ0v) is 15.1. The maximum absolute atomic E-state index is 13.9. The van der Waals surface area contributed by atoms with Crippen molar-refractivity contribution in [2.45, 2.75) is 39.4 Å². The average molecular weight is 408 g/mol. The molecule has 1 aromatic carbocycles. The molecule has 0 spiro atoms. The van der Waals surface area contributed by atoms with Crippen LogP contribution in [0.4, 0.5) is 17.6 Å². The van der Waals surface area contributed by atoms with Crippen molar-refractivity contribution in [1.82, 2.24) is 4.90 Å². The fourth-order valence-electron chi connectivity index (χ4n) is 2.08. The molecule has 0 aromatic heterocycles. The second kappa shape index (κ2) is 8.46. The Morgan fingerprint density at radius 3 is 2.50 bits per heavy atom. The quantitative estimate of drug-likeness (QED) is 0.326. The zero-order chi connectivity index (χ0) is 18.5. The summed E-state index contributed by atoms with van der Waals surface area (Å²) in [6, 6.07) is 3.46. The molecular formula is C17H18BrF4NO. The molecule has 0 heterocycles. The Bertz CT molecular complexity index is 652. The third-order valence-corrected chi connectivity index (χ3v) is 4.18. The monoisotopic (exact) mass is 407 g/mol. The summed E-state index contributed by atoms with van der Waals surface area (Å²) < 4.78 is 53.7. The lowest BCUT2D eigenvalue weighted by Crippen LogP contribution is -2.21. The summed E-state index contributed by atoms with van der Waals surface area (Å²) in [6.07, 6.45) is -2.04. The van der Waals surface area contributed by atoms with Crippen molar-refractivity contribution in [1.29, 1.82) is 0 Å². The molecule has 2 nitrogen and oxygen atoms in total. The number of hydrogen-bond acceptors (Lipinski definition) is 1. The van der Waals surface area contributed by atoms with E-state index in [0.29, 0.717) is 10.9 Å². The van der Waals surface area contributed by atoms with E-state index in [4.69, 9.17) is 0 Å². The van der Waals surface area contributed by atoms with Gasteiger partial charge in [-0.15, -0.1) is 0 Å². The molecule has 0 fully saturated rings. The summed E-state index contributed by atoms with van der Waals surface area (Å²) in [5, 5.41) is 0. The maximum atomic E-state index is 13.9. The molecule has 0 aliphatic carbocycles. The van der Waals surface area contributed by atoms with E-state index in [2.05, 4.69) is 15.9 Å². The first-order chi connectivity index (χ1) is 11.1. The predicted molar refractivity (Wildman–Crippen MR) is 88.6 cm³/mol. The van der Waals surface area contributed by atoms with Crippen molar-refractivity contribution in [3.63, 3.8) is 0 Å². The highest BCUT2D eigenvalue weighted by Gasteiger charge is 2.33. The summed E-state index contributed by atoms with van der Waals surface area (Å²) >= 11 is 3.20. The molecule has 1 aromatic rings. The molecule has 1 amide bonds. The van der Waals surface area contributed by atoms with Crippen molar-refractivity contribution in [3.8, 4) is 0 Å². The van der Waals surface area contributed by atoms with E-state index in [9.17, 15) is 22.4 Å². The van der Waals surface area contributed by atoms with Gasteiger partial charge in [-0.25, -0.2) is 4.39 Å². The molecule has 0 N–H and O–H groups in total. The van der Waals surface area contributed by atoms with Crippen molar-refractivity contribution < 1.29 is 22.4 Å². The number of rotatable bonds is 6. The zero-order valence-electron chi connectivity index (χ0n) is 13.5. The van der Waals surface area contributed by atoms with Gasteiger partial charge in [0.25, 0.3) is 0 Å². The highest BCUT2D eigenvalue weighted by molar-refractivity contribution is 9.10. The second-order valence-corrected chi connectivity index (χ2v) is 6.17. The van der Waals surface area contributed by atoms with Gasteiger partial charge < -0.3 is 4.90 Å². The Kier molecular flexibility index (Phi) is 7.20. The average Bonchev–Trinajstić information content (AvgIpc) is 2.51. The van der Waals surface area contributed by atoms with Gasteiger partial charge in [-0.3, -0.25) is 4.79 Å². The van der Waals surface area contributed by atoms with E-state index >= 15 is 0 Å². The summed E-state index contributed by atoms with van der Waals surface area (Å²) in [5.41, 5.74) is -0.449. The molecule has 1 atom stereocenters. The number of carbonyl (C=O) groups is 1. The second-order valence-electron chi connectivity index (χ2n) is 5.26. The van der Waals surface area contributed by atoms with Crippen LogP contribution in [0.1, 0.15) is 38.8 Å². The van der Waals surface area contributed by atoms with E-state index in [0.717, 1.165) is 17.2 Å². The molecule has 0 bridgehead atoms. The standard InChI is InChI=1S/C17H18BrF4NO/c1-4-11(2)15(17(20,21)22)7-8-23(10-24)12(3)14-9-13(18)5-6-16(14)19/h5-10,12H,4H2,1-3H3/b8-7-,15-11-. The van der Waals surface area contributed by atoms with Crippen LogP contribution >= 0.6 is 15.9 Å². The van der Waals surface area contributed by atoms with E-state index in [-0.39, 0.29) is 17.6 Å². The third-order valence-electron chi connectivity index (χ3n) is 3.69. The van der Waals surface area contributed by atoms with E-state index < -0.39 is 23.6 Å². The minimum absolute atomic E-state index is 0.158. The number of nitrogens with zero attached hydrogens (tertiary/aromatic N) is 1. The van der Waals surface area contributed by atoms with Crippen LogP contribution < -0.4 is 0 Å². The highest BCUT2D eigenvalue weighted by atomic mass is 79.9. The Balaban J connectivity index is 3.18. The molecule has 1 rings (SSSR count). The van der Waals surface area contributed by atoms with Crippen LogP contribution in [-0.2, 0) is 4.79 Å². The lowest BCUT2D eigenvalue weighted by Gasteiger charge is -2.23. The first-order valence-electron chi connectivity index (χ1n) is 7.24. The van der Waals surface area contributed by atoms with Crippen LogP contribution in [0, 0.1) is 5.82 Å². The van der Waals surface area contributed by atoms with Crippen molar-refractivity contribution in [2.24, 2.45) is 0 Å². The van der Waals surface area contributed by atoms with Gasteiger partial charge in [0, 0.05) is 16.2 Å². The molecule has 7 heteroatoms. The fourth-order valence-corrected chi connectivity index (χ4v) is 2.46. The van der Waals surface area contributed by atoms with Crippen LogP contribution in [0.15, 0.2) is 46.1 Å². The van der Waals surface area contributed by atoms with E-state index in [1.165, 1.54) is 32.0 Å². The molecular weight excluding hydrogens is 390 g/mol. The molecule has 0 aliphatic heterocycles. The Morgan fingerprint density at radius 2 is 2.00 bits per heavy atom. The number of amides is 1. The topological polar surface area (TPSA) is 20.3 Å². The van der Waals surface area contributed by atoms with E-state index in [1.807, 2.05) is 0 Å². The van der Waals surface area contributed by atoms with Crippen molar-refractivity contribution >= 4 is 22.3 Å². The van der Waals surface area contributed by atoms with Crippen molar-refractivity contribution in [2.75, 3.05) is 0 Å². The summed E-state index contributed by atoms with van der Waals surface area (Å²) in [5.74, 6) is -0.540. The van der Waals surface area contributed by atoms with Crippen LogP contribution in [0.2, 0.25) is 0 Å².